The lowest BCUT2D eigenvalue weighted by Crippen LogP contribution is -2.43. The third-order valence-corrected chi connectivity index (χ3v) is 6.18. The Kier molecular flexibility index (Phi) is 4.66. The highest BCUT2D eigenvalue weighted by Crippen LogP contribution is 2.35. The molecule has 0 radical (unpaired) electrons. The van der Waals surface area contributed by atoms with Crippen molar-refractivity contribution in [1.82, 2.24) is 10.2 Å². The van der Waals surface area contributed by atoms with Crippen LogP contribution in [0.3, 0.4) is 0 Å². The Balaban J connectivity index is 1.58. The van der Waals surface area contributed by atoms with Gasteiger partial charge in [-0.05, 0) is 44.9 Å². The number of thiophene rings is 1. The summed E-state index contributed by atoms with van der Waals surface area (Å²) < 4.78 is 0. The van der Waals surface area contributed by atoms with Gasteiger partial charge in [-0.25, -0.2) is 0 Å². The Hall–Kier alpha value is -0.850. The first-order valence-electron chi connectivity index (χ1n) is 7.40. The first kappa shape index (κ1) is 15.1. The van der Waals surface area contributed by atoms with Gasteiger partial charge in [-0.15, -0.1) is 11.3 Å². The summed E-state index contributed by atoms with van der Waals surface area (Å²) in [4.78, 5) is 28.7. The van der Waals surface area contributed by atoms with Crippen LogP contribution in [-0.4, -0.2) is 40.8 Å². The molecule has 21 heavy (non-hydrogen) atoms. The van der Waals surface area contributed by atoms with E-state index < -0.39 is 0 Å². The van der Waals surface area contributed by atoms with Crippen LogP contribution in [0.4, 0.5) is 0 Å². The highest BCUT2D eigenvalue weighted by Gasteiger charge is 2.31. The number of hydrogen-bond acceptors (Lipinski definition) is 5. The van der Waals surface area contributed by atoms with Gasteiger partial charge in [0.05, 0.1) is 12.6 Å². The molecule has 4 nitrogen and oxygen atoms in total. The van der Waals surface area contributed by atoms with E-state index >= 15 is 0 Å². The second-order valence-electron chi connectivity index (χ2n) is 5.65. The van der Waals surface area contributed by atoms with E-state index in [4.69, 9.17) is 0 Å². The van der Waals surface area contributed by atoms with E-state index in [1.807, 2.05) is 11.3 Å². The van der Waals surface area contributed by atoms with E-state index in [-0.39, 0.29) is 17.1 Å². The fraction of sp³-hybridized carbons (Fsp3) is 0.600. The normalized spacial score (nSPS) is 26.4. The highest BCUT2D eigenvalue weighted by molar-refractivity contribution is 8.14. The van der Waals surface area contributed by atoms with E-state index in [2.05, 4.69) is 29.3 Å². The van der Waals surface area contributed by atoms with Crippen LogP contribution >= 0.6 is 23.1 Å². The minimum atomic E-state index is -0.271. The highest BCUT2D eigenvalue weighted by atomic mass is 32.2. The Morgan fingerprint density at radius 2 is 2.29 bits per heavy atom. The quantitative estimate of drug-likeness (QED) is 0.923. The third-order valence-electron chi connectivity index (χ3n) is 4.07. The predicted molar refractivity (Wildman–Crippen MR) is 86.6 cm³/mol. The van der Waals surface area contributed by atoms with Crippen molar-refractivity contribution < 1.29 is 9.59 Å². The van der Waals surface area contributed by atoms with Gasteiger partial charge in [0, 0.05) is 21.5 Å². The molecule has 6 heteroatoms. The van der Waals surface area contributed by atoms with Crippen molar-refractivity contribution in [3.63, 3.8) is 0 Å². The first-order chi connectivity index (χ1) is 10.1. The molecule has 0 aliphatic carbocycles. The number of aryl methyl sites for hydroxylation is 1. The van der Waals surface area contributed by atoms with Gasteiger partial charge in [-0.1, -0.05) is 11.8 Å². The molecule has 1 amide bonds. The van der Waals surface area contributed by atoms with E-state index in [9.17, 15) is 9.59 Å². The molecule has 3 heterocycles. The maximum atomic E-state index is 12.2. The van der Waals surface area contributed by atoms with E-state index in [1.165, 1.54) is 21.5 Å². The lowest BCUT2D eigenvalue weighted by atomic mass is 10.2. The number of carbonyl (C=O) groups is 2. The average Bonchev–Trinajstić information content (AvgIpc) is 3.13. The van der Waals surface area contributed by atoms with Crippen molar-refractivity contribution in [2.24, 2.45) is 0 Å². The summed E-state index contributed by atoms with van der Waals surface area (Å²) >= 11 is 3.14. The van der Waals surface area contributed by atoms with Crippen LogP contribution in [0.2, 0.25) is 0 Å². The summed E-state index contributed by atoms with van der Waals surface area (Å²) in [6, 6.07) is 4.42. The van der Waals surface area contributed by atoms with Gasteiger partial charge in [-0.3, -0.25) is 14.5 Å². The van der Waals surface area contributed by atoms with Crippen LogP contribution in [0.15, 0.2) is 12.1 Å². The second-order valence-corrected chi connectivity index (χ2v) is 8.07. The summed E-state index contributed by atoms with van der Waals surface area (Å²) in [7, 11) is 0. The monoisotopic (exact) mass is 324 g/mol. The zero-order valence-electron chi connectivity index (χ0n) is 12.1. The Bertz CT molecular complexity index is 544. The summed E-state index contributed by atoms with van der Waals surface area (Å²) in [5, 5.41) is 2.99. The van der Waals surface area contributed by atoms with Gasteiger partial charge >= 0.3 is 0 Å². The number of amides is 1. The van der Waals surface area contributed by atoms with Crippen LogP contribution < -0.4 is 5.32 Å². The second kappa shape index (κ2) is 6.50. The number of nitrogens with zero attached hydrogens (tertiary/aromatic N) is 1. The van der Waals surface area contributed by atoms with Gasteiger partial charge in [0.15, 0.2) is 0 Å². The van der Waals surface area contributed by atoms with E-state index in [0.717, 1.165) is 31.6 Å². The first-order valence-corrected chi connectivity index (χ1v) is 9.20. The maximum Gasteiger partial charge on any atom is 0.234 e. The number of thioether (sulfide) groups is 1. The molecule has 1 N–H and O–H groups in total. The fourth-order valence-corrected chi connectivity index (χ4v) is 5.00. The van der Waals surface area contributed by atoms with Crippen molar-refractivity contribution in [2.45, 2.75) is 38.3 Å². The molecule has 2 aliphatic rings. The maximum absolute atomic E-state index is 12.2. The third kappa shape index (κ3) is 3.49. The van der Waals surface area contributed by atoms with Crippen molar-refractivity contribution in [3.8, 4) is 0 Å². The van der Waals surface area contributed by atoms with Crippen molar-refractivity contribution in [2.75, 3.05) is 18.8 Å². The zero-order chi connectivity index (χ0) is 14.8. The summed E-state index contributed by atoms with van der Waals surface area (Å²) in [6.45, 7) is 3.47. The van der Waals surface area contributed by atoms with Crippen LogP contribution in [0.25, 0.3) is 0 Å². The molecule has 2 fully saturated rings. The average molecular weight is 324 g/mol. The molecule has 0 aromatic carbocycles. The number of carbonyl (C=O) groups excluding carboxylic acids is 2. The summed E-state index contributed by atoms with van der Waals surface area (Å²) in [5.41, 5.74) is 0. The van der Waals surface area contributed by atoms with Gasteiger partial charge in [-0.2, -0.15) is 0 Å². The molecule has 1 aromatic rings. The van der Waals surface area contributed by atoms with Gasteiger partial charge in [0.25, 0.3) is 0 Å². The number of nitrogens with one attached hydrogen (secondary N) is 1. The molecular weight excluding hydrogens is 304 g/mol. The van der Waals surface area contributed by atoms with Crippen LogP contribution in [-0.2, 0) is 9.59 Å². The molecule has 0 spiro atoms. The topological polar surface area (TPSA) is 49.4 Å². The van der Waals surface area contributed by atoms with Crippen LogP contribution in [0, 0.1) is 6.92 Å². The smallest absolute Gasteiger partial charge is 0.234 e. The minimum absolute atomic E-state index is 0.0176. The van der Waals surface area contributed by atoms with Crippen molar-refractivity contribution in [1.29, 1.82) is 0 Å². The Morgan fingerprint density at radius 3 is 2.95 bits per heavy atom. The van der Waals surface area contributed by atoms with Gasteiger partial charge in [0.2, 0.25) is 11.0 Å². The van der Waals surface area contributed by atoms with E-state index in [1.54, 1.807) is 0 Å². The van der Waals surface area contributed by atoms with Crippen molar-refractivity contribution >= 4 is 34.1 Å². The summed E-state index contributed by atoms with van der Waals surface area (Å²) in [6.07, 6.45) is 3.02. The standard InChI is InChI=1S/C15H20N2O2S2/c1-10-4-5-13(21-10)12-3-2-7-17(12)9-14(18)16-11-6-8-20-15(11)19/h4-5,11-12H,2-3,6-9H2,1H3,(H,16,18)/t11-,12-/m0/s1. The lowest BCUT2D eigenvalue weighted by molar-refractivity contribution is -0.125. The molecule has 0 bridgehead atoms. The fourth-order valence-electron chi connectivity index (χ4n) is 3.02. The number of likely N-dealkylation sites (tertiary alicyclic amines) is 1. The number of hydrogen-bond donors (Lipinski definition) is 1. The molecule has 1 aromatic heterocycles. The van der Waals surface area contributed by atoms with Crippen LogP contribution in [0.5, 0.6) is 0 Å². The largest absolute Gasteiger partial charge is 0.344 e. The molecule has 2 saturated heterocycles. The Labute approximate surface area is 133 Å². The van der Waals surface area contributed by atoms with E-state index in [0.29, 0.717) is 12.6 Å². The van der Waals surface area contributed by atoms with Gasteiger partial charge in [0.1, 0.15) is 0 Å². The zero-order valence-corrected chi connectivity index (χ0v) is 13.8. The molecular formula is C15H20N2O2S2. The van der Waals surface area contributed by atoms with Gasteiger partial charge < -0.3 is 5.32 Å². The SMILES string of the molecule is Cc1ccc([C@@H]2CCCN2CC(=O)N[C@H]2CCSC2=O)s1. The molecule has 3 rings (SSSR count). The minimum Gasteiger partial charge on any atom is -0.344 e. The molecule has 0 saturated carbocycles. The molecule has 2 aliphatic heterocycles. The molecule has 2 atom stereocenters. The van der Waals surface area contributed by atoms with Crippen LogP contribution in [0.1, 0.15) is 35.1 Å². The number of rotatable bonds is 4. The van der Waals surface area contributed by atoms with Crippen molar-refractivity contribution in [3.05, 3.63) is 21.9 Å². The summed E-state index contributed by atoms with van der Waals surface area (Å²) in [5.74, 6) is 0.806. The Morgan fingerprint density at radius 1 is 1.43 bits per heavy atom. The lowest BCUT2D eigenvalue weighted by Gasteiger charge is -2.23. The predicted octanol–water partition coefficient (Wildman–Crippen LogP) is 2.34. The molecule has 114 valence electrons. The molecule has 0 unspecified atom stereocenters.